The molecule has 0 aliphatic rings. The van der Waals surface area contributed by atoms with Crippen molar-refractivity contribution in [3.8, 4) is 0 Å². The van der Waals surface area contributed by atoms with Gasteiger partial charge in [0.2, 0.25) is 5.03 Å². The van der Waals surface area contributed by atoms with Crippen molar-refractivity contribution >= 4 is 32.1 Å². The fourth-order valence-corrected chi connectivity index (χ4v) is 3.85. The molecule has 0 saturated carbocycles. The second-order valence-corrected chi connectivity index (χ2v) is 7.86. The molecule has 0 atom stereocenters. The van der Waals surface area contributed by atoms with Gasteiger partial charge in [-0.05, 0) is 11.8 Å². The van der Waals surface area contributed by atoms with Gasteiger partial charge in [0.1, 0.15) is 0 Å². The highest BCUT2D eigenvalue weighted by Gasteiger charge is 2.27. The summed E-state index contributed by atoms with van der Waals surface area (Å²) in [6.07, 6.45) is 2.53. The molecule has 0 aromatic carbocycles. The Kier molecular flexibility index (Phi) is 4.05. The van der Waals surface area contributed by atoms with Gasteiger partial charge in [0, 0.05) is 18.1 Å². The van der Waals surface area contributed by atoms with Crippen LogP contribution in [-0.4, -0.2) is 24.3 Å². The summed E-state index contributed by atoms with van der Waals surface area (Å²) in [6.45, 7) is 6.40. The number of hydrogen-bond donors (Lipinski definition) is 3. The van der Waals surface area contributed by atoms with Crippen LogP contribution in [0.2, 0.25) is 0 Å². The van der Waals surface area contributed by atoms with Crippen LogP contribution < -0.4 is 16.0 Å². The van der Waals surface area contributed by atoms with Crippen LogP contribution in [0.1, 0.15) is 27.2 Å². The third kappa shape index (κ3) is 2.80. The van der Waals surface area contributed by atoms with E-state index in [4.69, 9.17) is 5.84 Å². The van der Waals surface area contributed by atoms with Gasteiger partial charge in [0.05, 0.1) is 0 Å². The number of aromatic nitrogens is 2. The first-order valence-electron chi connectivity index (χ1n) is 6.22. The van der Waals surface area contributed by atoms with Crippen LogP contribution in [0, 0.1) is 5.41 Å². The van der Waals surface area contributed by atoms with Gasteiger partial charge in [0.25, 0.3) is 10.0 Å². The lowest BCUT2D eigenvalue weighted by Crippen LogP contribution is -2.34. The number of rotatable bonds is 6. The second-order valence-electron chi connectivity index (χ2n) is 5.31. The third-order valence-electron chi connectivity index (χ3n) is 3.31. The Balaban J connectivity index is 2.38. The van der Waals surface area contributed by atoms with E-state index in [1.807, 2.05) is 20.8 Å². The number of nitrogens with two attached hydrogens (primary N) is 1. The first kappa shape index (κ1) is 15.2. The van der Waals surface area contributed by atoms with Gasteiger partial charge in [-0.3, -0.25) is 4.40 Å². The van der Waals surface area contributed by atoms with Crippen molar-refractivity contribution in [2.75, 3.05) is 12.0 Å². The molecule has 0 fully saturated rings. The molecule has 2 aromatic rings. The molecule has 4 N–H and O–H groups in total. The van der Waals surface area contributed by atoms with Crippen LogP contribution in [0.15, 0.2) is 16.6 Å². The number of thiazole rings is 1. The van der Waals surface area contributed by atoms with Crippen LogP contribution in [0.25, 0.3) is 4.96 Å². The van der Waals surface area contributed by atoms with E-state index in [0.29, 0.717) is 11.5 Å². The number of hydrogen-bond acceptors (Lipinski definition) is 6. The summed E-state index contributed by atoms with van der Waals surface area (Å²) < 4.78 is 29.1. The molecule has 0 unspecified atom stereocenters. The van der Waals surface area contributed by atoms with Crippen molar-refractivity contribution < 1.29 is 8.42 Å². The smallest absolute Gasteiger partial charge is 0.260 e. The summed E-state index contributed by atoms with van der Waals surface area (Å²) in [6, 6.07) is 0. The molecule has 112 valence electrons. The lowest BCUT2D eigenvalue weighted by molar-refractivity contribution is 0.350. The zero-order valence-electron chi connectivity index (χ0n) is 11.7. The first-order chi connectivity index (χ1) is 9.30. The Morgan fingerprint density at radius 1 is 1.50 bits per heavy atom. The van der Waals surface area contributed by atoms with Crippen LogP contribution in [0.5, 0.6) is 0 Å². The number of nitrogens with one attached hydrogen (secondary N) is 2. The Morgan fingerprint density at radius 2 is 2.20 bits per heavy atom. The highest BCUT2D eigenvalue weighted by molar-refractivity contribution is 7.89. The van der Waals surface area contributed by atoms with Gasteiger partial charge in [-0.15, -0.1) is 11.3 Å². The van der Waals surface area contributed by atoms with E-state index in [-0.39, 0.29) is 16.3 Å². The molecular formula is C11H19N5O2S2. The van der Waals surface area contributed by atoms with Gasteiger partial charge in [0.15, 0.2) is 10.8 Å². The Hall–Kier alpha value is -1.16. The average molecular weight is 317 g/mol. The number of imidazole rings is 1. The second kappa shape index (κ2) is 5.32. The molecule has 20 heavy (non-hydrogen) atoms. The number of sulfonamides is 1. The number of anilines is 1. The van der Waals surface area contributed by atoms with E-state index in [9.17, 15) is 8.42 Å². The van der Waals surface area contributed by atoms with Crippen LogP contribution in [-0.2, 0) is 10.0 Å². The maximum Gasteiger partial charge on any atom is 0.260 e. The number of nitrogen functional groups attached to an aromatic ring is 1. The van der Waals surface area contributed by atoms with Crippen molar-refractivity contribution in [2.24, 2.45) is 11.3 Å². The van der Waals surface area contributed by atoms with Crippen molar-refractivity contribution in [2.45, 2.75) is 32.2 Å². The average Bonchev–Trinajstić information content (AvgIpc) is 2.95. The normalized spacial score (nSPS) is 13.0. The van der Waals surface area contributed by atoms with Crippen molar-refractivity contribution in [1.29, 1.82) is 0 Å². The van der Waals surface area contributed by atoms with E-state index >= 15 is 0 Å². The Morgan fingerprint density at radius 3 is 2.80 bits per heavy atom. The molecule has 2 aromatic heterocycles. The lowest BCUT2D eigenvalue weighted by Gasteiger charge is -2.22. The molecule has 0 aliphatic heterocycles. The van der Waals surface area contributed by atoms with Gasteiger partial charge in [-0.1, -0.05) is 20.8 Å². The monoisotopic (exact) mass is 317 g/mol. The minimum Gasteiger partial charge on any atom is -0.306 e. The van der Waals surface area contributed by atoms with E-state index in [2.05, 4.69) is 15.1 Å². The fraction of sp³-hybridized carbons (Fsp3) is 0.545. The maximum atomic E-state index is 12.5. The van der Waals surface area contributed by atoms with Crippen LogP contribution >= 0.6 is 11.3 Å². The summed E-state index contributed by atoms with van der Waals surface area (Å²) >= 11 is 1.35. The van der Waals surface area contributed by atoms with Crippen molar-refractivity contribution in [1.82, 2.24) is 14.1 Å². The number of fused-ring (bicyclic) bond motifs is 1. The van der Waals surface area contributed by atoms with Gasteiger partial charge in [-0.2, -0.15) is 4.98 Å². The lowest BCUT2D eigenvalue weighted by atomic mass is 9.91. The van der Waals surface area contributed by atoms with E-state index in [1.165, 1.54) is 15.7 Å². The van der Waals surface area contributed by atoms with E-state index in [1.54, 1.807) is 11.6 Å². The molecule has 2 rings (SSSR count). The summed E-state index contributed by atoms with van der Waals surface area (Å²) in [4.78, 5) is 4.73. The van der Waals surface area contributed by atoms with Crippen molar-refractivity contribution in [3.05, 3.63) is 11.6 Å². The van der Waals surface area contributed by atoms with Crippen molar-refractivity contribution in [3.63, 3.8) is 0 Å². The number of nitrogens with zero attached hydrogens (tertiary/aromatic N) is 2. The minimum atomic E-state index is -3.68. The quantitative estimate of drug-likeness (QED) is 0.552. The summed E-state index contributed by atoms with van der Waals surface area (Å²) in [5.41, 5.74) is 2.23. The highest BCUT2D eigenvalue weighted by Crippen LogP contribution is 2.26. The Bertz CT molecular complexity index is 702. The zero-order chi connectivity index (χ0) is 15.0. The largest absolute Gasteiger partial charge is 0.306 e. The molecular weight excluding hydrogens is 298 g/mol. The molecule has 7 nitrogen and oxygen atoms in total. The maximum absolute atomic E-state index is 12.5. The summed E-state index contributed by atoms with van der Waals surface area (Å²) in [7, 11) is -3.68. The number of hydrazine groups is 1. The highest BCUT2D eigenvalue weighted by atomic mass is 32.2. The molecule has 0 aliphatic carbocycles. The van der Waals surface area contributed by atoms with Crippen LogP contribution in [0.3, 0.4) is 0 Å². The molecule has 2 heterocycles. The first-order valence-corrected chi connectivity index (χ1v) is 8.59. The molecule has 0 saturated heterocycles. The molecule has 0 bridgehead atoms. The summed E-state index contributed by atoms with van der Waals surface area (Å²) in [5, 5.41) is 1.82. The molecule has 9 heteroatoms. The van der Waals surface area contributed by atoms with Crippen LogP contribution in [0.4, 0.5) is 5.82 Å². The zero-order valence-corrected chi connectivity index (χ0v) is 13.3. The SMILES string of the molecule is CCC(C)(C)CNS(=O)(=O)c1c(NN)nc2sccn12. The van der Waals surface area contributed by atoms with E-state index < -0.39 is 10.0 Å². The molecule has 0 amide bonds. The van der Waals surface area contributed by atoms with E-state index in [0.717, 1.165) is 6.42 Å². The Labute approximate surface area is 122 Å². The topological polar surface area (TPSA) is 102 Å². The summed E-state index contributed by atoms with van der Waals surface area (Å²) in [5.74, 6) is 5.52. The van der Waals surface area contributed by atoms with Gasteiger partial charge in [-0.25, -0.2) is 19.0 Å². The minimum absolute atomic E-state index is 0.0446. The molecule has 0 radical (unpaired) electrons. The van der Waals surface area contributed by atoms with Gasteiger partial charge < -0.3 is 5.43 Å². The van der Waals surface area contributed by atoms with Gasteiger partial charge >= 0.3 is 0 Å². The third-order valence-corrected chi connectivity index (χ3v) is 5.49. The fourth-order valence-electron chi connectivity index (χ4n) is 1.60. The predicted octanol–water partition coefficient (Wildman–Crippen LogP) is 1.40. The standard InChI is InChI=1S/C11H19N5O2S2/c1-4-11(2,3)7-13-20(17,18)9-8(15-12)14-10-16(9)5-6-19-10/h5-6,13,15H,4,7,12H2,1-3H3. The predicted molar refractivity (Wildman–Crippen MR) is 80.1 cm³/mol. The molecule has 0 spiro atoms.